The Hall–Kier alpha value is -1.43. The zero-order valence-corrected chi connectivity index (χ0v) is 18.0. The van der Waals surface area contributed by atoms with E-state index in [1.807, 2.05) is 24.3 Å². The number of guanidine groups is 1. The molecule has 0 aromatic heterocycles. The van der Waals surface area contributed by atoms with Gasteiger partial charge in [0.25, 0.3) is 0 Å². The highest BCUT2D eigenvalue weighted by molar-refractivity contribution is 14.0. The summed E-state index contributed by atoms with van der Waals surface area (Å²) in [7, 11) is 1.66. The van der Waals surface area contributed by atoms with E-state index in [1.165, 1.54) is 4.90 Å². The van der Waals surface area contributed by atoms with Gasteiger partial charge in [-0.2, -0.15) is 13.2 Å². The second-order valence-corrected chi connectivity index (χ2v) is 6.84. The summed E-state index contributed by atoms with van der Waals surface area (Å²) in [4.78, 5) is 5.61. The van der Waals surface area contributed by atoms with Crippen LogP contribution in [-0.4, -0.2) is 69.5 Å². The molecule has 0 saturated carbocycles. The average Bonchev–Trinajstić information content (AvgIpc) is 3.07. The summed E-state index contributed by atoms with van der Waals surface area (Å²) in [6.07, 6.45) is -3.54. The first-order chi connectivity index (χ1) is 12.9. The molecule has 0 aliphatic carbocycles. The van der Waals surface area contributed by atoms with Gasteiger partial charge in [0.1, 0.15) is 12.7 Å². The van der Waals surface area contributed by atoms with Gasteiger partial charge in [-0.25, -0.2) is 0 Å². The van der Waals surface area contributed by atoms with Gasteiger partial charge in [-0.1, -0.05) is 12.1 Å². The Morgan fingerprint density at radius 2 is 1.93 bits per heavy atom. The lowest BCUT2D eigenvalue weighted by atomic mass is 10.1. The summed E-state index contributed by atoms with van der Waals surface area (Å²) in [6, 6.07) is 7.51. The normalized spacial score (nSPS) is 22.5. The van der Waals surface area contributed by atoms with Crippen molar-refractivity contribution >= 4 is 29.9 Å². The topological polar surface area (TPSA) is 58.1 Å². The van der Waals surface area contributed by atoms with Gasteiger partial charge in [0.2, 0.25) is 0 Å². The first kappa shape index (κ1) is 22.9. The summed E-state index contributed by atoms with van der Waals surface area (Å²) in [5.74, 6) is 2.23. The Labute approximate surface area is 179 Å². The number of nitrogens with zero attached hydrogens (tertiary/aromatic N) is 2. The molecule has 0 radical (unpaired) electrons. The van der Waals surface area contributed by atoms with Crippen molar-refractivity contribution in [1.82, 2.24) is 15.5 Å². The zero-order valence-electron chi connectivity index (χ0n) is 15.7. The smallest absolute Gasteiger partial charge is 0.401 e. The molecule has 2 N–H and O–H groups in total. The van der Waals surface area contributed by atoms with E-state index in [0.29, 0.717) is 44.5 Å². The predicted molar refractivity (Wildman–Crippen MR) is 112 cm³/mol. The van der Waals surface area contributed by atoms with E-state index < -0.39 is 12.7 Å². The molecule has 2 heterocycles. The van der Waals surface area contributed by atoms with Crippen molar-refractivity contribution in [2.45, 2.75) is 18.7 Å². The van der Waals surface area contributed by atoms with E-state index in [-0.39, 0.29) is 36.0 Å². The Bertz CT molecular complexity index is 660. The standard InChI is InChI=1S/C18H25F3N4O2.HI/c1-22-17(23-8-13-6-7-25(10-13)12-18(19,20)21)24-9-14-11-26-15-4-2-3-5-16(15)27-14;/h2-5,13-14H,6-12H2,1H3,(H2,22,23,24);1H. The van der Waals surface area contributed by atoms with Crippen LogP contribution in [0.2, 0.25) is 0 Å². The molecule has 2 aliphatic rings. The highest BCUT2D eigenvalue weighted by atomic mass is 127. The molecule has 10 heteroatoms. The molecule has 1 aromatic carbocycles. The summed E-state index contributed by atoms with van der Waals surface area (Å²) in [6.45, 7) is 1.62. The first-order valence-electron chi connectivity index (χ1n) is 9.05. The number of hydrogen-bond acceptors (Lipinski definition) is 4. The molecule has 2 unspecified atom stereocenters. The Balaban J connectivity index is 0.00000280. The van der Waals surface area contributed by atoms with Crippen molar-refractivity contribution in [1.29, 1.82) is 0 Å². The molecule has 1 saturated heterocycles. The van der Waals surface area contributed by atoms with Crippen LogP contribution in [0.1, 0.15) is 6.42 Å². The Morgan fingerprint density at radius 1 is 1.21 bits per heavy atom. The number of para-hydroxylation sites is 2. The maximum Gasteiger partial charge on any atom is 0.401 e. The molecular formula is C18H26F3IN4O2. The van der Waals surface area contributed by atoms with Crippen LogP contribution in [0.5, 0.6) is 11.5 Å². The van der Waals surface area contributed by atoms with Gasteiger partial charge < -0.3 is 20.1 Å². The lowest BCUT2D eigenvalue weighted by molar-refractivity contribution is -0.143. The van der Waals surface area contributed by atoms with E-state index in [9.17, 15) is 13.2 Å². The van der Waals surface area contributed by atoms with Gasteiger partial charge in [-0.15, -0.1) is 24.0 Å². The molecule has 1 fully saturated rings. The molecule has 0 bridgehead atoms. The molecule has 3 rings (SSSR count). The maximum atomic E-state index is 12.5. The Kier molecular flexibility index (Phi) is 8.47. The molecule has 1 aromatic rings. The summed E-state index contributed by atoms with van der Waals surface area (Å²) in [5, 5.41) is 6.37. The number of halogens is 4. The van der Waals surface area contributed by atoms with E-state index in [0.717, 1.165) is 12.2 Å². The summed E-state index contributed by atoms with van der Waals surface area (Å²) in [5.41, 5.74) is 0. The third-order valence-corrected chi connectivity index (χ3v) is 4.62. The highest BCUT2D eigenvalue weighted by Crippen LogP contribution is 2.30. The molecule has 2 aliphatic heterocycles. The number of ether oxygens (including phenoxy) is 2. The molecule has 158 valence electrons. The molecule has 2 atom stereocenters. The van der Waals surface area contributed by atoms with Gasteiger partial charge in [0.15, 0.2) is 17.5 Å². The van der Waals surface area contributed by atoms with Crippen molar-refractivity contribution in [3.63, 3.8) is 0 Å². The lowest BCUT2D eigenvalue weighted by Crippen LogP contribution is -2.46. The molecular weight excluding hydrogens is 488 g/mol. The van der Waals surface area contributed by atoms with Crippen molar-refractivity contribution in [3.8, 4) is 11.5 Å². The van der Waals surface area contributed by atoms with Crippen molar-refractivity contribution < 1.29 is 22.6 Å². The van der Waals surface area contributed by atoms with Gasteiger partial charge in [-0.3, -0.25) is 9.89 Å². The molecule has 0 amide bonds. The van der Waals surface area contributed by atoms with Gasteiger partial charge in [-0.05, 0) is 31.0 Å². The maximum absolute atomic E-state index is 12.5. The third-order valence-electron chi connectivity index (χ3n) is 4.62. The van der Waals surface area contributed by atoms with E-state index in [4.69, 9.17) is 9.47 Å². The number of alkyl halides is 3. The van der Waals surface area contributed by atoms with Crippen molar-refractivity contribution in [2.24, 2.45) is 10.9 Å². The molecule has 0 spiro atoms. The number of likely N-dealkylation sites (tertiary alicyclic amines) is 1. The van der Waals surface area contributed by atoms with Crippen LogP contribution >= 0.6 is 24.0 Å². The summed E-state index contributed by atoms with van der Waals surface area (Å²) < 4.78 is 48.9. The van der Waals surface area contributed by atoms with Crippen LogP contribution in [0.4, 0.5) is 13.2 Å². The molecule has 6 nitrogen and oxygen atoms in total. The number of benzene rings is 1. The zero-order chi connectivity index (χ0) is 19.3. The van der Waals surface area contributed by atoms with Crippen molar-refractivity contribution in [3.05, 3.63) is 24.3 Å². The van der Waals surface area contributed by atoms with E-state index in [1.54, 1.807) is 7.05 Å². The minimum atomic E-state index is -4.14. The second kappa shape index (κ2) is 10.4. The highest BCUT2D eigenvalue weighted by Gasteiger charge is 2.34. The Morgan fingerprint density at radius 3 is 2.64 bits per heavy atom. The fourth-order valence-corrected chi connectivity index (χ4v) is 3.31. The van der Waals surface area contributed by atoms with Gasteiger partial charge in [0.05, 0.1) is 13.1 Å². The SMILES string of the molecule is CN=C(NCC1CCN(CC(F)(F)F)C1)NCC1COc2ccccc2O1.I. The van der Waals surface area contributed by atoms with Crippen LogP contribution in [0, 0.1) is 5.92 Å². The average molecular weight is 514 g/mol. The minimum absolute atomic E-state index is 0. The number of aliphatic imine (C=N–C) groups is 1. The first-order valence-corrected chi connectivity index (χ1v) is 9.05. The monoisotopic (exact) mass is 514 g/mol. The molecule has 28 heavy (non-hydrogen) atoms. The predicted octanol–water partition coefficient (Wildman–Crippen LogP) is 2.49. The largest absolute Gasteiger partial charge is 0.486 e. The minimum Gasteiger partial charge on any atom is -0.486 e. The van der Waals surface area contributed by atoms with Gasteiger partial charge in [0, 0.05) is 20.1 Å². The van der Waals surface area contributed by atoms with Gasteiger partial charge >= 0.3 is 6.18 Å². The number of fused-ring (bicyclic) bond motifs is 1. The number of rotatable bonds is 5. The van der Waals surface area contributed by atoms with Crippen LogP contribution in [0.15, 0.2) is 29.3 Å². The second-order valence-electron chi connectivity index (χ2n) is 6.84. The van der Waals surface area contributed by atoms with E-state index in [2.05, 4.69) is 15.6 Å². The fourth-order valence-electron chi connectivity index (χ4n) is 3.31. The number of hydrogen-bond donors (Lipinski definition) is 2. The quantitative estimate of drug-likeness (QED) is 0.360. The van der Waals surface area contributed by atoms with Crippen LogP contribution in [0.3, 0.4) is 0 Å². The van der Waals surface area contributed by atoms with Crippen LogP contribution in [0.25, 0.3) is 0 Å². The van der Waals surface area contributed by atoms with E-state index >= 15 is 0 Å². The lowest BCUT2D eigenvalue weighted by Gasteiger charge is -2.27. The van der Waals surface area contributed by atoms with Crippen LogP contribution < -0.4 is 20.1 Å². The third kappa shape index (κ3) is 6.87. The van der Waals surface area contributed by atoms with Crippen molar-refractivity contribution in [2.75, 3.05) is 46.4 Å². The summed E-state index contributed by atoms with van der Waals surface area (Å²) >= 11 is 0. The van der Waals surface area contributed by atoms with Crippen LogP contribution in [-0.2, 0) is 0 Å². The number of nitrogens with one attached hydrogen (secondary N) is 2. The fraction of sp³-hybridized carbons (Fsp3) is 0.611.